The van der Waals surface area contributed by atoms with Gasteiger partial charge in [-0.2, -0.15) is 0 Å². The van der Waals surface area contributed by atoms with Crippen molar-refractivity contribution in [3.8, 4) is 0 Å². The van der Waals surface area contributed by atoms with Crippen molar-refractivity contribution < 1.29 is 14.4 Å². The van der Waals surface area contributed by atoms with Gasteiger partial charge in [-0.3, -0.25) is 19.7 Å². The van der Waals surface area contributed by atoms with Gasteiger partial charge in [-0.25, -0.2) is 0 Å². The first-order valence-electron chi connectivity index (χ1n) is 12.1. The van der Waals surface area contributed by atoms with Crippen LogP contribution in [0.5, 0.6) is 0 Å². The molecule has 0 aromatic heterocycles. The molecule has 6 heteroatoms. The maximum absolute atomic E-state index is 12.9. The summed E-state index contributed by atoms with van der Waals surface area (Å²) in [4.78, 5) is 38.2. The van der Waals surface area contributed by atoms with E-state index in [1.165, 1.54) is 31.2 Å². The predicted octanol–water partition coefficient (Wildman–Crippen LogP) is 3.34. The highest BCUT2D eigenvalue weighted by Crippen LogP contribution is 2.30. The molecule has 2 aromatic carbocycles. The number of amides is 3. The van der Waals surface area contributed by atoms with E-state index < -0.39 is 6.04 Å². The molecule has 2 heterocycles. The van der Waals surface area contributed by atoms with Crippen LogP contribution in [0.25, 0.3) is 0 Å². The van der Waals surface area contributed by atoms with Crippen molar-refractivity contribution in [1.82, 2.24) is 15.5 Å². The normalized spacial score (nSPS) is 25.2. The van der Waals surface area contributed by atoms with Gasteiger partial charge in [-0.1, -0.05) is 55.3 Å². The Balaban J connectivity index is 1.18. The van der Waals surface area contributed by atoms with Gasteiger partial charge in [-0.05, 0) is 54.4 Å². The number of carbonyl (C=O) groups is 3. The minimum atomic E-state index is -0.562. The molecule has 2 fully saturated rings. The zero-order valence-corrected chi connectivity index (χ0v) is 18.9. The van der Waals surface area contributed by atoms with Crippen molar-refractivity contribution in [2.24, 2.45) is 5.92 Å². The molecule has 0 spiro atoms. The van der Waals surface area contributed by atoms with Gasteiger partial charge in [0.1, 0.15) is 6.04 Å². The van der Waals surface area contributed by atoms with Gasteiger partial charge in [-0.15, -0.1) is 0 Å². The summed E-state index contributed by atoms with van der Waals surface area (Å²) in [5, 5.41) is 6.10. The van der Waals surface area contributed by atoms with Crippen molar-refractivity contribution in [2.45, 2.75) is 70.1 Å². The van der Waals surface area contributed by atoms with E-state index in [0.717, 1.165) is 30.0 Å². The number of imide groups is 1. The van der Waals surface area contributed by atoms with Gasteiger partial charge in [0.05, 0.1) is 0 Å². The van der Waals surface area contributed by atoms with Crippen LogP contribution in [0.2, 0.25) is 0 Å². The quantitative estimate of drug-likeness (QED) is 0.669. The monoisotopic (exact) mass is 445 g/mol. The van der Waals surface area contributed by atoms with Crippen molar-refractivity contribution >= 4 is 17.7 Å². The van der Waals surface area contributed by atoms with E-state index in [9.17, 15) is 14.4 Å². The maximum atomic E-state index is 12.9. The molecular formula is C27H31N3O3. The Morgan fingerprint density at radius 2 is 1.82 bits per heavy atom. The Bertz CT molecular complexity index is 1050. The fourth-order valence-corrected chi connectivity index (χ4v) is 5.61. The number of piperidine rings is 1. The molecule has 5 rings (SSSR count). The number of hydrogen-bond donors (Lipinski definition) is 2. The van der Waals surface area contributed by atoms with E-state index >= 15 is 0 Å². The Kier molecular flexibility index (Phi) is 6.27. The highest BCUT2D eigenvalue weighted by Gasteiger charge is 2.39. The van der Waals surface area contributed by atoms with Gasteiger partial charge < -0.3 is 10.2 Å². The third kappa shape index (κ3) is 4.86. The lowest BCUT2D eigenvalue weighted by Crippen LogP contribution is -2.52. The molecule has 1 saturated carbocycles. The summed E-state index contributed by atoms with van der Waals surface area (Å²) in [5.74, 6) is -0.0208. The summed E-state index contributed by atoms with van der Waals surface area (Å²) < 4.78 is 0. The van der Waals surface area contributed by atoms with E-state index in [1.54, 1.807) is 4.90 Å². The standard InChI is InChI=1S/C27H31N3O3/c31-25-12-11-24(26(32)29-25)30-17-21-14-20(9-10-23(21)27(30)33)16-28-22-8-4-7-19(15-22)13-18-5-2-1-3-6-18/h1-3,5-6,9-10,14,19,22,24,28H,4,7-8,11-13,15-17H2,(H,29,31,32). The topological polar surface area (TPSA) is 78.5 Å². The first kappa shape index (κ1) is 21.8. The lowest BCUT2D eigenvalue weighted by atomic mass is 9.82. The molecule has 2 N–H and O–H groups in total. The third-order valence-corrected chi connectivity index (χ3v) is 7.33. The number of carbonyl (C=O) groups excluding carboxylic acids is 3. The third-order valence-electron chi connectivity index (χ3n) is 7.33. The van der Waals surface area contributed by atoms with Crippen molar-refractivity contribution in [2.75, 3.05) is 0 Å². The van der Waals surface area contributed by atoms with Crippen LogP contribution in [0.15, 0.2) is 48.5 Å². The second-order valence-corrected chi connectivity index (χ2v) is 9.69. The van der Waals surface area contributed by atoms with E-state index in [4.69, 9.17) is 0 Å². The van der Waals surface area contributed by atoms with Crippen LogP contribution in [0.4, 0.5) is 0 Å². The van der Waals surface area contributed by atoms with Crippen molar-refractivity contribution in [3.05, 3.63) is 70.8 Å². The summed E-state index contributed by atoms with van der Waals surface area (Å²) in [6.45, 7) is 1.21. The second kappa shape index (κ2) is 9.48. The van der Waals surface area contributed by atoms with Crippen LogP contribution >= 0.6 is 0 Å². The summed E-state index contributed by atoms with van der Waals surface area (Å²) >= 11 is 0. The van der Waals surface area contributed by atoms with Crippen molar-refractivity contribution in [3.63, 3.8) is 0 Å². The zero-order chi connectivity index (χ0) is 22.8. The molecular weight excluding hydrogens is 414 g/mol. The second-order valence-electron chi connectivity index (χ2n) is 9.69. The Labute approximate surface area is 194 Å². The van der Waals surface area contributed by atoms with Gasteiger partial charge in [0.15, 0.2) is 0 Å². The number of benzene rings is 2. The molecule has 3 atom stereocenters. The molecule has 2 aromatic rings. The van der Waals surface area contributed by atoms with Gasteiger partial charge >= 0.3 is 0 Å². The van der Waals surface area contributed by atoms with Crippen LogP contribution in [0, 0.1) is 5.92 Å². The first-order valence-corrected chi connectivity index (χ1v) is 12.1. The first-order chi connectivity index (χ1) is 16.1. The molecule has 1 aliphatic carbocycles. The van der Waals surface area contributed by atoms with Crippen molar-refractivity contribution in [1.29, 1.82) is 0 Å². The van der Waals surface area contributed by atoms with Gasteiger partial charge in [0.2, 0.25) is 11.8 Å². The van der Waals surface area contributed by atoms with Crippen LogP contribution in [0.3, 0.4) is 0 Å². The summed E-state index contributed by atoms with van der Waals surface area (Å²) in [7, 11) is 0. The molecule has 1 saturated heterocycles. The lowest BCUT2D eigenvalue weighted by Gasteiger charge is -2.30. The van der Waals surface area contributed by atoms with E-state index in [2.05, 4.69) is 47.0 Å². The minimum absolute atomic E-state index is 0.116. The van der Waals surface area contributed by atoms with Crippen LogP contribution in [0.1, 0.15) is 65.6 Å². The molecule has 172 valence electrons. The van der Waals surface area contributed by atoms with Crippen LogP contribution < -0.4 is 10.6 Å². The Morgan fingerprint density at radius 1 is 0.970 bits per heavy atom. The molecule has 3 aliphatic rings. The molecule has 0 bridgehead atoms. The molecule has 0 radical (unpaired) electrons. The van der Waals surface area contributed by atoms with E-state index in [0.29, 0.717) is 24.6 Å². The highest BCUT2D eigenvalue weighted by molar-refractivity contribution is 6.05. The predicted molar refractivity (Wildman–Crippen MR) is 125 cm³/mol. The lowest BCUT2D eigenvalue weighted by molar-refractivity contribution is -0.136. The summed E-state index contributed by atoms with van der Waals surface area (Å²) in [6.07, 6.45) is 6.78. The fourth-order valence-electron chi connectivity index (χ4n) is 5.61. The number of rotatable bonds is 6. The highest BCUT2D eigenvalue weighted by atomic mass is 16.2. The Hall–Kier alpha value is -2.99. The zero-order valence-electron chi connectivity index (χ0n) is 18.9. The molecule has 2 aliphatic heterocycles. The van der Waals surface area contributed by atoms with Crippen LogP contribution in [-0.2, 0) is 29.1 Å². The average molecular weight is 446 g/mol. The summed E-state index contributed by atoms with van der Waals surface area (Å²) in [5.41, 5.74) is 4.22. The number of nitrogens with zero attached hydrogens (tertiary/aromatic N) is 1. The SMILES string of the molecule is O=C1CCC(N2Cc3cc(CNC4CCCC(Cc5ccccc5)C4)ccc3C2=O)C(=O)N1. The largest absolute Gasteiger partial charge is 0.322 e. The van der Waals surface area contributed by atoms with Gasteiger partial charge in [0.25, 0.3) is 5.91 Å². The minimum Gasteiger partial charge on any atom is -0.322 e. The van der Waals surface area contributed by atoms with E-state index in [-0.39, 0.29) is 24.1 Å². The van der Waals surface area contributed by atoms with Gasteiger partial charge in [0, 0.05) is 31.1 Å². The van der Waals surface area contributed by atoms with Crippen LogP contribution in [-0.4, -0.2) is 34.7 Å². The summed E-state index contributed by atoms with van der Waals surface area (Å²) in [6, 6.07) is 16.7. The Morgan fingerprint density at radius 3 is 2.64 bits per heavy atom. The average Bonchev–Trinajstić information content (AvgIpc) is 3.14. The molecule has 6 nitrogen and oxygen atoms in total. The number of fused-ring (bicyclic) bond motifs is 1. The molecule has 3 amide bonds. The molecule has 3 unspecified atom stereocenters. The number of nitrogens with one attached hydrogen (secondary N) is 2. The smallest absolute Gasteiger partial charge is 0.255 e. The molecule has 33 heavy (non-hydrogen) atoms. The number of hydrogen-bond acceptors (Lipinski definition) is 4. The van der Waals surface area contributed by atoms with E-state index in [1.807, 2.05) is 12.1 Å². The maximum Gasteiger partial charge on any atom is 0.255 e. The fraction of sp³-hybridized carbons (Fsp3) is 0.444.